The largest absolute Gasteiger partial charge is 0.481 e. The van der Waals surface area contributed by atoms with Crippen LogP contribution in [0.4, 0.5) is 11.8 Å². The Morgan fingerprint density at radius 2 is 2.03 bits per heavy atom. The van der Waals surface area contributed by atoms with E-state index in [-0.39, 0.29) is 5.41 Å². The lowest BCUT2D eigenvalue weighted by atomic mass is 9.79. The molecular formula is C24H32ClN5OS. The number of anilines is 2. The third kappa shape index (κ3) is 5.26. The van der Waals surface area contributed by atoms with Crippen molar-refractivity contribution < 1.29 is 4.74 Å². The first-order chi connectivity index (χ1) is 15.5. The summed E-state index contributed by atoms with van der Waals surface area (Å²) in [5.41, 5.74) is 1.32. The molecule has 2 aromatic rings. The van der Waals surface area contributed by atoms with Crippen LogP contribution < -0.4 is 20.3 Å². The van der Waals surface area contributed by atoms with E-state index in [1.807, 2.05) is 18.2 Å². The fourth-order valence-electron chi connectivity index (χ4n) is 4.99. The molecule has 1 saturated carbocycles. The van der Waals surface area contributed by atoms with Gasteiger partial charge in [0.25, 0.3) is 0 Å². The summed E-state index contributed by atoms with van der Waals surface area (Å²) < 4.78 is 5.44. The summed E-state index contributed by atoms with van der Waals surface area (Å²) in [4.78, 5) is 11.5. The number of nitrogens with one attached hydrogen (secondary N) is 2. The smallest absolute Gasteiger partial charge is 0.234 e. The van der Waals surface area contributed by atoms with E-state index in [0.717, 1.165) is 36.8 Å². The SMILES string of the molecule is COc1cc(N2CCCC[C@@H]2C)nc(NC(=S)NCC2(c3cccc(Cl)c3)CCCC2)n1. The molecule has 1 aliphatic heterocycles. The molecule has 0 bridgehead atoms. The summed E-state index contributed by atoms with van der Waals surface area (Å²) >= 11 is 11.9. The van der Waals surface area contributed by atoms with E-state index < -0.39 is 0 Å². The summed E-state index contributed by atoms with van der Waals surface area (Å²) in [6.07, 6.45) is 8.26. The molecule has 172 valence electrons. The third-order valence-electron chi connectivity index (χ3n) is 6.81. The highest BCUT2D eigenvalue weighted by atomic mass is 35.5. The van der Waals surface area contributed by atoms with Gasteiger partial charge in [-0.25, -0.2) is 0 Å². The normalized spacial score (nSPS) is 20.1. The number of rotatable bonds is 6. The molecule has 2 N–H and O–H groups in total. The Kier molecular flexibility index (Phi) is 7.36. The van der Waals surface area contributed by atoms with Gasteiger partial charge < -0.3 is 20.3 Å². The maximum Gasteiger partial charge on any atom is 0.234 e. The molecule has 1 aliphatic carbocycles. The lowest BCUT2D eigenvalue weighted by Crippen LogP contribution is -2.41. The summed E-state index contributed by atoms with van der Waals surface area (Å²) in [6, 6.07) is 10.6. The molecule has 1 atom stereocenters. The van der Waals surface area contributed by atoms with Crippen LogP contribution in [0.2, 0.25) is 5.02 Å². The molecule has 2 fully saturated rings. The number of hydrogen-bond acceptors (Lipinski definition) is 5. The van der Waals surface area contributed by atoms with Gasteiger partial charge in [-0.1, -0.05) is 36.6 Å². The molecule has 32 heavy (non-hydrogen) atoms. The minimum Gasteiger partial charge on any atom is -0.481 e. The second-order valence-electron chi connectivity index (χ2n) is 8.94. The number of hydrogen-bond donors (Lipinski definition) is 2. The van der Waals surface area contributed by atoms with Gasteiger partial charge in [-0.05, 0) is 68.9 Å². The van der Waals surface area contributed by atoms with Crippen LogP contribution >= 0.6 is 23.8 Å². The van der Waals surface area contributed by atoms with Crippen LogP contribution in [-0.2, 0) is 5.41 Å². The van der Waals surface area contributed by atoms with Crippen LogP contribution in [0, 0.1) is 0 Å². The first-order valence-corrected chi connectivity index (χ1v) is 12.3. The molecule has 1 saturated heterocycles. The highest BCUT2D eigenvalue weighted by Crippen LogP contribution is 2.41. The number of benzene rings is 1. The first kappa shape index (κ1) is 23.1. The van der Waals surface area contributed by atoms with Crippen molar-refractivity contribution in [3.63, 3.8) is 0 Å². The molecule has 2 heterocycles. The van der Waals surface area contributed by atoms with Gasteiger partial charge in [0, 0.05) is 35.6 Å². The van der Waals surface area contributed by atoms with E-state index >= 15 is 0 Å². The number of halogens is 1. The third-order valence-corrected chi connectivity index (χ3v) is 7.29. The van der Waals surface area contributed by atoms with Crippen LogP contribution in [0.1, 0.15) is 57.4 Å². The van der Waals surface area contributed by atoms with Crippen LogP contribution in [0.25, 0.3) is 0 Å². The van der Waals surface area contributed by atoms with Crippen molar-refractivity contribution in [2.75, 3.05) is 30.4 Å². The standard InChI is InChI=1S/C24H32ClN5OS/c1-17-8-3-6-13-30(17)20-15-21(31-2)28-22(27-20)29-23(32)26-16-24(11-4-5-12-24)18-9-7-10-19(25)14-18/h7,9-10,14-15,17H,3-6,8,11-13,16H2,1-2H3,(H2,26,27,28,29,32)/t17-/m0/s1. The van der Waals surface area contributed by atoms with Gasteiger partial charge in [0.05, 0.1) is 7.11 Å². The average Bonchev–Trinajstić information content (AvgIpc) is 3.28. The number of piperidine rings is 1. The average molecular weight is 474 g/mol. The van der Waals surface area contributed by atoms with Crippen LogP contribution in [0.5, 0.6) is 5.88 Å². The van der Waals surface area contributed by atoms with Crippen molar-refractivity contribution in [3.05, 3.63) is 40.9 Å². The molecule has 6 nitrogen and oxygen atoms in total. The Labute approximate surface area is 201 Å². The van der Waals surface area contributed by atoms with E-state index in [2.05, 4.69) is 39.6 Å². The van der Waals surface area contributed by atoms with Gasteiger partial charge in [-0.2, -0.15) is 9.97 Å². The van der Waals surface area contributed by atoms with E-state index in [1.54, 1.807) is 7.11 Å². The maximum absolute atomic E-state index is 6.28. The molecule has 1 aromatic carbocycles. The fourth-order valence-corrected chi connectivity index (χ4v) is 5.35. The predicted octanol–water partition coefficient (Wildman–Crippen LogP) is 5.32. The molecule has 2 aliphatic rings. The molecule has 0 unspecified atom stereocenters. The number of ether oxygens (including phenoxy) is 1. The Morgan fingerprint density at radius 3 is 2.75 bits per heavy atom. The van der Waals surface area contributed by atoms with Crippen molar-refractivity contribution in [3.8, 4) is 5.88 Å². The van der Waals surface area contributed by atoms with E-state index in [4.69, 9.17) is 33.5 Å². The number of methoxy groups -OCH3 is 1. The zero-order chi connectivity index (χ0) is 22.6. The van der Waals surface area contributed by atoms with Gasteiger partial charge in [0.1, 0.15) is 5.82 Å². The number of nitrogens with zero attached hydrogens (tertiary/aromatic N) is 3. The Morgan fingerprint density at radius 1 is 1.22 bits per heavy atom. The summed E-state index contributed by atoms with van der Waals surface area (Å²) in [5, 5.41) is 7.89. The highest BCUT2D eigenvalue weighted by Gasteiger charge is 2.35. The molecule has 0 amide bonds. The molecule has 0 radical (unpaired) electrons. The number of thiocarbonyl (C=S) groups is 1. The quantitative estimate of drug-likeness (QED) is 0.551. The Balaban J connectivity index is 1.46. The van der Waals surface area contributed by atoms with Crippen molar-refractivity contribution in [2.45, 2.75) is 63.3 Å². The minimum atomic E-state index is 0.0419. The fraction of sp³-hybridized carbons (Fsp3) is 0.542. The van der Waals surface area contributed by atoms with Crippen molar-refractivity contribution >= 4 is 40.7 Å². The zero-order valence-electron chi connectivity index (χ0n) is 18.9. The minimum absolute atomic E-state index is 0.0419. The maximum atomic E-state index is 6.28. The lowest BCUT2D eigenvalue weighted by molar-refractivity contribution is 0.396. The summed E-state index contributed by atoms with van der Waals surface area (Å²) in [5.74, 6) is 1.86. The van der Waals surface area contributed by atoms with E-state index in [9.17, 15) is 0 Å². The van der Waals surface area contributed by atoms with Crippen LogP contribution in [-0.4, -0.2) is 41.3 Å². The van der Waals surface area contributed by atoms with Crippen LogP contribution in [0.3, 0.4) is 0 Å². The molecule has 4 rings (SSSR count). The molecule has 8 heteroatoms. The second-order valence-corrected chi connectivity index (χ2v) is 9.78. The first-order valence-electron chi connectivity index (χ1n) is 11.5. The van der Waals surface area contributed by atoms with E-state index in [0.29, 0.717) is 23.0 Å². The molecule has 0 spiro atoms. The Bertz CT molecular complexity index is 950. The topological polar surface area (TPSA) is 62.3 Å². The summed E-state index contributed by atoms with van der Waals surface area (Å²) in [7, 11) is 1.63. The summed E-state index contributed by atoms with van der Waals surface area (Å²) in [6.45, 7) is 3.98. The van der Waals surface area contributed by atoms with Crippen molar-refractivity contribution in [2.24, 2.45) is 0 Å². The lowest BCUT2D eigenvalue weighted by Gasteiger charge is -2.34. The van der Waals surface area contributed by atoms with Gasteiger partial charge in [-0.15, -0.1) is 0 Å². The van der Waals surface area contributed by atoms with Gasteiger partial charge in [-0.3, -0.25) is 0 Å². The van der Waals surface area contributed by atoms with Gasteiger partial charge in [0.2, 0.25) is 11.8 Å². The highest BCUT2D eigenvalue weighted by molar-refractivity contribution is 7.80. The zero-order valence-corrected chi connectivity index (χ0v) is 20.4. The van der Waals surface area contributed by atoms with E-state index in [1.165, 1.54) is 37.7 Å². The van der Waals surface area contributed by atoms with Crippen molar-refractivity contribution in [1.29, 1.82) is 0 Å². The van der Waals surface area contributed by atoms with Crippen molar-refractivity contribution in [1.82, 2.24) is 15.3 Å². The predicted molar refractivity (Wildman–Crippen MR) is 135 cm³/mol. The molecular weight excluding hydrogens is 442 g/mol. The molecule has 1 aromatic heterocycles. The van der Waals surface area contributed by atoms with Gasteiger partial charge >= 0.3 is 0 Å². The monoisotopic (exact) mass is 473 g/mol. The Hall–Kier alpha value is -2.12. The number of aromatic nitrogens is 2. The second kappa shape index (κ2) is 10.2. The van der Waals surface area contributed by atoms with Crippen LogP contribution in [0.15, 0.2) is 30.3 Å². The van der Waals surface area contributed by atoms with Gasteiger partial charge in [0.15, 0.2) is 5.11 Å².